The Morgan fingerprint density at radius 3 is 2.00 bits per heavy atom. The van der Waals surface area contributed by atoms with Crippen molar-refractivity contribution in [1.29, 1.82) is 0 Å². The minimum atomic E-state index is -4.02. The average Bonchev–Trinajstić information content (AvgIpc) is 2.68. The van der Waals surface area contributed by atoms with E-state index in [1.165, 1.54) is 23.3 Å². The third-order valence-corrected chi connectivity index (χ3v) is 6.01. The van der Waals surface area contributed by atoms with E-state index in [0.29, 0.717) is 13.1 Å². The van der Waals surface area contributed by atoms with Crippen molar-refractivity contribution in [3.8, 4) is 0 Å². The van der Waals surface area contributed by atoms with Gasteiger partial charge in [-0.05, 0) is 58.7 Å². The lowest BCUT2D eigenvalue weighted by atomic mass is 9.86. The molecule has 0 aromatic heterocycles. The lowest BCUT2D eigenvalue weighted by Crippen LogP contribution is -2.49. The van der Waals surface area contributed by atoms with Crippen molar-refractivity contribution in [3.05, 3.63) is 65.2 Å². The first-order valence-electron chi connectivity index (χ1n) is 10.6. The SMILES string of the molecule is Cc1ccc(S(=O)(=O)O)cc1.Cc1ccc([C@@H]2CN(C(=O)OC(C)(C)C)CC[C@H]2N)cc1. The number of nitrogens with two attached hydrogens (primary N) is 1. The number of benzene rings is 2. The Hall–Kier alpha value is -2.42. The van der Waals surface area contributed by atoms with Crippen LogP contribution >= 0.6 is 0 Å². The van der Waals surface area contributed by atoms with E-state index in [-0.39, 0.29) is 22.9 Å². The molecule has 0 bridgehead atoms. The fourth-order valence-corrected chi connectivity index (χ4v) is 3.82. The van der Waals surface area contributed by atoms with Gasteiger partial charge >= 0.3 is 6.09 Å². The number of ether oxygens (including phenoxy) is 1. The molecule has 2 atom stereocenters. The zero-order valence-corrected chi connectivity index (χ0v) is 20.2. The van der Waals surface area contributed by atoms with E-state index in [9.17, 15) is 13.2 Å². The summed E-state index contributed by atoms with van der Waals surface area (Å²) in [4.78, 5) is 13.9. The molecule has 3 rings (SSSR count). The van der Waals surface area contributed by atoms with Gasteiger partial charge in [0.1, 0.15) is 5.60 Å². The molecule has 176 valence electrons. The van der Waals surface area contributed by atoms with Gasteiger partial charge in [-0.15, -0.1) is 0 Å². The smallest absolute Gasteiger partial charge is 0.410 e. The predicted octanol–water partition coefficient (Wildman–Crippen LogP) is 4.29. The topological polar surface area (TPSA) is 110 Å². The van der Waals surface area contributed by atoms with Crippen molar-refractivity contribution in [2.75, 3.05) is 13.1 Å². The molecular weight excluding hydrogens is 428 g/mol. The highest BCUT2D eigenvalue weighted by atomic mass is 32.2. The third kappa shape index (κ3) is 7.93. The summed E-state index contributed by atoms with van der Waals surface area (Å²) in [6.07, 6.45) is 0.559. The van der Waals surface area contributed by atoms with Crippen molar-refractivity contribution >= 4 is 16.2 Å². The van der Waals surface area contributed by atoms with Gasteiger partial charge in [-0.1, -0.05) is 47.5 Å². The number of nitrogens with zero attached hydrogens (tertiary/aromatic N) is 1. The van der Waals surface area contributed by atoms with Gasteiger partial charge in [0.25, 0.3) is 10.1 Å². The summed E-state index contributed by atoms with van der Waals surface area (Å²) in [6.45, 7) is 10.9. The first-order valence-corrected chi connectivity index (χ1v) is 12.0. The van der Waals surface area contributed by atoms with Crippen LogP contribution in [0.3, 0.4) is 0 Å². The van der Waals surface area contributed by atoms with E-state index in [1.807, 2.05) is 27.7 Å². The number of piperidine rings is 1. The van der Waals surface area contributed by atoms with E-state index < -0.39 is 15.7 Å². The van der Waals surface area contributed by atoms with Gasteiger partial charge in [0.05, 0.1) is 4.90 Å². The fraction of sp³-hybridized carbons (Fsp3) is 0.458. The van der Waals surface area contributed by atoms with Gasteiger partial charge in [-0.2, -0.15) is 8.42 Å². The van der Waals surface area contributed by atoms with Crippen LogP contribution in [0.1, 0.15) is 49.8 Å². The monoisotopic (exact) mass is 462 g/mol. The highest BCUT2D eigenvalue weighted by Gasteiger charge is 2.32. The molecule has 1 heterocycles. The Morgan fingerprint density at radius 2 is 1.53 bits per heavy atom. The molecule has 8 heteroatoms. The van der Waals surface area contributed by atoms with E-state index in [1.54, 1.807) is 17.0 Å². The summed E-state index contributed by atoms with van der Waals surface area (Å²) in [5.41, 5.74) is 9.18. The van der Waals surface area contributed by atoms with Crippen molar-refractivity contribution in [2.45, 2.75) is 63.5 Å². The van der Waals surface area contributed by atoms with E-state index >= 15 is 0 Å². The molecule has 3 N–H and O–H groups in total. The third-order valence-electron chi connectivity index (χ3n) is 5.14. The minimum Gasteiger partial charge on any atom is -0.444 e. The predicted molar refractivity (Wildman–Crippen MR) is 125 cm³/mol. The molecule has 32 heavy (non-hydrogen) atoms. The molecule has 0 unspecified atom stereocenters. The molecule has 0 radical (unpaired) electrons. The number of amides is 1. The zero-order valence-electron chi connectivity index (χ0n) is 19.4. The molecule has 1 amide bonds. The van der Waals surface area contributed by atoms with Gasteiger partial charge in [-0.3, -0.25) is 4.55 Å². The van der Waals surface area contributed by atoms with Crippen LogP contribution < -0.4 is 5.73 Å². The second-order valence-corrected chi connectivity index (χ2v) is 10.6. The van der Waals surface area contributed by atoms with Crippen LogP contribution in [-0.4, -0.2) is 48.7 Å². The summed E-state index contributed by atoms with van der Waals surface area (Å²) >= 11 is 0. The van der Waals surface area contributed by atoms with Crippen LogP contribution in [0.25, 0.3) is 0 Å². The Morgan fingerprint density at radius 1 is 1.03 bits per heavy atom. The van der Waals surface area contributed by atoms with Gasteiger partial charge in [0.2, 0.25) is 0 Å². The summed E-state index contributed by atoms with van der Waals surface area (Å²) in [5.74, 6) is 0.173. The number of hydrogen-bond donors (Lipinski definition) is 2. The summed E-state index contributed by atoms with van der Waals surface area (Å²) in [7, 11) is -4.02. The Labute approximate surface area is 191 Å². The van der Waals surface area contributed by atoms with Gasteiger partial charge in [0, 0.05) is 25.0 Å². The van der Waals surface area contributed by atoms with Crippen molar-refractivity contribution < 1.29 is 22.5 Å². The van der Waals surface area contributed by atoms with Crippen molar-refractivity contribution in [3.63, 3.8) is 0 Å². The maximum atomic E-state index is 12.2. The van der Waals surface area contributed by atoms with Crippen LogP contribution in [0.2, 0.25) is 0 Å². The Balaban J connectivity index is 0.000000278. The molecule has 0 aliphatic carbocycles. The first-order chi connectivity index (χ1) is 14.8. The Kier molecular flexibility index (Phi) is 8.45. The molecule has 2 aromatic carbocycles. The van der Waals surface area contributed by atoms with Crippen LogP contribution in [-0.2, 0) is 14.9 Å². The van der Waals surface area contributed by atoms with Gasteiger partial charge in [-0.25, -0.2) is 4.79 Å². The maximum Gasteiger partial charge on any atom is 0.410 e. The summed E-state index contributed by atoms with van der Waals surface area (Å²) < 4.78 is 35.0. The van der Waals surface area contributed by atoms with E-state index in [0.717, 1.165) is 12.0 Å². The quantitative estimate of drug-likeness (QED) is 0.644. The largest absolute Gasteiger partial charge is 0.444 e. The van der Waals surface area contributed by atoms with Crippen molar-refractivity contribution in [2.24, 2.45) is 5.73 Å². The molecule has 2 aromatic rings. The molecule has 1 saturated heterocycles. The van der Waals surface area contributed by atoms with Gasteiger partial charge < -0.3 is 15.4 Å². The second kappa shape index (κ2) is 10.5. The highest BCUT2D eigenvalue weighted by molar-refractivity contribution is 7.85. The molecule has 1 aliphatic heterocycles. The Bertz CT molecular complexity index is 996. The zero-order chi connectivity index (χ0) is 24.1. The lowest BCUT2D eigenvalue weighted by Gasteiger charge is -2.37. The number of carbonyl (C=O) groups excluding carboxylic acids is 1. The standard InChI is InChI=1S/C17H26N2O2.C7H8O3S/c1-12-5-7-13(8-6-12)14-11-19(10-9-15(14)18)16(20)21-17(2,3)4;1-6-2-4-7(5-3-6)11(8,9)10/h5-8,14-15H,9-11,18H2,1-4H3;2-5H,1H3,(H,8,9,10)/t14-,15+;/m0./s1. The number of rotatable bonds is 2. The van der Waals surface area contributed by atoms with Crippen LogP contribution in [0.5, 0.6) is 0 Å². The number of hydrogen-bond acceptors (Lipinski definition) is 5. The molecule has 0 spiro atoms. The second-order valence-electron chi connectivity index (χ2n) is 9.18. The lowest BCUT2D eigenvalue weighted by molar-refractivity contribution is 0.0186. The fourth-order valence-electron chi connectivity index (χ4n) is 3.34. The first kappa shape index (κ1) is 25.8. The summed E-state index contributed by atoms with van der Waals surface area (Å²) in [6, 6.07) is 14.5. The van der Waals surface area contributed by atoms with Crippen LogP contribution in [0, 0.1) is 13.8 Å². The molecule has 0 saturated carbocycles. The number of carbonyl (C=O) groups is 1. The maximum absolute atomic E-state index is 12.2. The van der Waals surface area contributed by atoms with Gasteiger partial charge in [0.15, 0.2) is 0 Å². The number of aryl methyl sites for hydroxylation is 2. The normalized spacial score (nSPS) is 19.0. The van der Waals surface area contributed by atoms with Crippen LogP contribution in [0.4, 0.5) is 4.79 Å². The highest BCUT2D eigenvalue weighted by Crippen LogP contribution is 2.27. The average molecular weight is 463 g/mol. The number of likely N-dealkylation sites (tertiary alicyclic amines) is 1. The molecular formula is C24H34N2O5S. The van der Waals surface area contributed by atoms with E-state index in [4.69, 9.17) is 15.0 Å². The summed E-state index contributed by atoms with van der Waals surface area (Å²) in [5, 5.41) is 0. The minimum absolute atomic E-state index is 0.0666. The molecule has 1 aliphatic rings. The van der Waals surface area contributed by atoms with Crippen molar-refractivity contribution in [1.82, 2.24) is 4.90 Å². The van der Waals surface area contributed by atoms with E-state index in [2.05, 4.69) is 31.2 Å². The molecule has 1 fully saturated rings. The molecule has 7 nitrogen and oxygen atoms in total. The van der Waals surface area contributed by atoms with Crippen LogP contribution in [0.15, 0.2) is 53.4 Å².